The number of anilines is 1. The SMILES string of the molecule is Cc1c(Cl)cccc1-n1c(N)nc2c(C#N)cccc21. The lowest BCUT2D eigenvalue weighted by atomic mass is 10.1. The second-order valence-electron chi connectivity index (χ2n) is 4.47. The fourth-order valence-electron chi connectivity index (χ4n) is 2.30. The van der Waals surface area contributed by atoms with Crippen LogP contribution in [0.3, 0.4) is 0 Å². The smallest absolute Gasteiger partial charge is 0.205 e. The molecule has 20 heavy (non-hydrogen) atoms. The average molecular weight is 283 g/mol. The van der Waals surface area contributed by atoms with Crippen molar-refractivity contribution in [2.45, 2.75) is 6.92 Å². The summed E-state index contributed by atoms with van der Waals surface area (Å²) in [4.78, 5) is 4.31. The largest absolute Gasteiger partial charge is 0.369 e. The number of fused-ring (bicyclic) bond motifs is 1. The van der Waals surface area contributed by atoms with E-state index in [0.717, 1.165) is 16.8 Å². The molecule has 0 bridgehead atoms. The Labute approximate surface area is 121 Å². The van der Waals surface area contributed by atoms with Gasteiger partial charge in [0, 0.05) is 5.02 Å². The fourth-order valence-corrected chi connectivity index (χ4v) is 2.47. The van der Waals surface area contributed by atoms with Crippen LogP contribution in [0, 0.1) is 18.3 Å². The zero-order valence-electron chi connectivity index (χ0n) is 10.8. The highest BCUT2D eigenvalue weighted by Crippen LogP contribution is 2.29. The molecule has 5 heteroatoms. The van der Waals surface area contributed by atoms with E-state index in [0.29, 0.717) is 22.1 Å². The Morgan fingerprint density at radius 2 is 2.00 bits per heavy atom. The van der Waals surface area contributed by atoms with Gasteiger partial charge < -0.3 is 5.73 Å². The second kappa shape index (κ2) is 4.55. The summed E-state index contributed by atoms with van der Waals surface area (Å²) in [6, 6.07) is 13.2. The number of aromatic nitrogens is 2. The number of nitriles is 1. The van der Waals surface area contributed by atoms with Crippen molar-refractivity contribution in [2.24, 2.45) is 0 Å². The number of hydrogen-bond acceptors (Lipinski definition) is 3. The lowest BCUT2D eigenvalue weighted by molar-refractivity contribution is 1.09. The molecule has 0 aliphatic rings. The molecule has 1 heterocycles. The van der Waals surface area contributed by atoms with Crippen LogP contribution in [0.25, 0.3) is 16.7 Å². The van der Waals surface area contributed by atoms with Gasteiger partial charge in [-0.25, -0.2) is 4.98 Å². The van der Waals surface area contributed by atoms with Crippen LogP contribution < -0.4 is 5.73 Å². The normalized spacial score (nSPS) is 10.7. The van der Waals surface area contributed by atoms with E-state index < -0.39 is 0 Å². The van der Waals surface area contributed by atoms with Crippen LogP contribution in [0.4, 0.5) is 5.95 Å². The molecular weight excluding hydrogens is 272 g/mol. The van der Waals surface area contributed by atoms with E-state index in [9.17, 15) is 0 Å². The van der Waals surface area contributed by atoms with Crippen LogP contribution in [-0.4, -0.2) is 9.55 Å². The van der Waals surface area contributed by atoms with Crippen molar-refractivity contribution in [2.75, 3.05) is 5.73 Å². The van der Waals surface area contributed by atoms with E-state index in [-0.39, 0.29) is 0 Å². The van der Waals surface area contributed by atoms with Crippen LogP contribution in [-0.2, 0) is 0 Å². The molecule has 0 atom stereocenters. The van der Waals surface area contributed by atoms with Crippen molar-refractivity contribution in [1.82, 2.24) is 9.55 Å². The van der Waals surface area contributed by atoms with Gasteiger partial charge in [-0.1, -0.05) is 23.7 Å². The Bertz CT molecular complexity index is 858. The predicted octanol–water partition coefficient (Wildman–Crippen LogP) is 3.44. The molecule has 2 N–H and O–H groups in total. The molecule has 0 saturated heterocycles. The minimum Gasteiger partial charge on any atom is -0.369 e. The zero-order valence-corrected chi connectivity index (χ0v) is 11.5. The molecule has 98 valence electrons. The van der Waals surface area contributed by atoms with Crippen molar-refractivity contribution in [1.29, 1.82) is 5.26 Å². The summed E-state index contributed by atoms with van der Waals surface area (Å²) in [5.74, 6) is 0.341. The lowest BCUT2D eigenvalue weighted by Gasteiger charge is -2.11. The van der Waals surface area contributed by atoms with Gasteiger partial charge >= 0.3 is 0 Å². The number of rotatable bonds is 1. The van der Waals surface area contributed by atoms with Crippen molar-refractivity contribution in [3.8, 4) is 11.8 Å². The number of nitrogens with two attached hydrogens (primary N) is 1. The highest BCUT2D eigenvalue weighted by atomic mass is 35.5. The summed E-state index contributed by atoms with van der Waals surface area (Å²) in [6.45, 7) is 1.93. The van der Waals surface area contributed by atoms with Gasteiger partial charge in [0.05, 0.1) is 16.8 Å². The number of benzene rings is 2. The Balaban J connectivity index is 2.41. The minimum atomic E-state index is 0.341. The molecule has 0 radical (unpaired) electrons. The summed E-state index contributed by atoms with van der Waals surface area (Å²) < 4.78 is 1.82. The molecule has 0 spiro atoms. The first kappa shape index (κ1) is 12.5. The summed E-state index contributed by atoms with van der Waals surface area (Å²) in [5.41, 5.74) is 9.72. The molecule has 4 nitrogen and oxygen atoms in total. The predicted molar refractivity (Wildman–Crippen MR) is 79.9 cm³/mol. The molecule has 1 aromatic heterocycles. The Kier molecular flexibility index (Phi) is 2.85. The first-order valence-electron chi connectivity index (χ1n) is 6.06. The molecule has 0 aliphatic heterocycles. The van der Waals surface area contributed by atoms with Crippen LogP contribution in [0.2, 0.25) is 5.02 Å². The third-order valence-electron chi connectivity index (χ3n) is 3.31. The van der Waals surface area contributed by atoms with E-state index in [4.69, 9.17) is 22.6 Å². The summed E-state index contributed by atoms with van der Waals surface area (Å²) >= 11 is 6.17. The molecule has 3 rings (SSSR count). The molecule has 2 aromatic carbocycles. The highest BCUT2D eigenvalue weighted by molar-refractivity contribution is 6.31. The number of imidazole rings is 1. The number of halogens is 1. The van der Waals surface area contributed by atoms with Gasteiger partial charge in [0.2, 0.25) is 5.95 Å². The average Bonchev–Trinajstić information content (AvgIpc) is 2.78. The van der Waals surface area contributed by atoms with Crippen molar-refractivity contribution < 1.29 is 0 Å². The third kappa shape index (κ3) is 1.72. The van der Waals surface area contributed by atoms with E-state index in [1.54, 1.807) is 6.07 Å². The zero-order chi connectivity index (χ0) is 14.3. The van der Waals surface area contributed by atoms with Crippen LogP contribution in [0.15, 0.2) is 36.4 Å². The molecule has 0 amide bonds. The van der Waals surface area contributed by atoms with Gasteiger partial charge in [-0.05, 0) is 36.8 Å². The van der Waals surface area contributed by atoms with Crippen LogP contribution >= 0.6 is 11.6 Å². The van der Waals surface area contributed by atoms with Gasteiger partial charge in [0.1, 0.15) is 11.6 Å². The minimum absolute atomic E-state index is 0.341. The fraction of sp³-hybridized carbons (Fsp3) is 0.0667. The maximum absolute atomic E-state index is 9.14. The first-order chi connectivity index (χ1) is 9.63. The monoisotopic (exact) mass is 282 g/mol. The Morgan fingerprint density at radius 3 is 2.75 bits per heavy atom. The summed E-state index contributed by atoms with van der Waals surface area (Å²) in [5, 5.41) is 9.81. The van der Waals surface area contributed by atoms with Crippen LogP contribution in [0.1, 0.15) is 11.1 Å². The Morgan fingerprint density at radius 1 is 1.25 bits per heavy atom. The van der Waals surface area contributed by atoms with E-state index >= 15 is 0 Å². The van der Waals surface area contributed by atoms with E-state index in [1.807, 2.05) is 41.8 Å². The molecule has 3 aromatic rings. The third-order valence-corrected chi connectivity index (χ3v) is 3.72. The first-order valence-corrected chi connectivity index (χ1v) is 6.44. The number of nitrogen functional groups attached to an aromatic ring is 1. The highest BCUT2D eigenvalue weighted by Gasteiger charge is 2.14. The molecule has 0 fully saturated rings. The van der Waals surface area contributed by atoms with E-state index in [1.165, 1.54) is 0 Å². The van der Waals surface area contributed by atoms with Gasteiger partial charge in [0.25, 0.3) is 0 Å². The second-order valence-corrected chi connectivity index (χ2v) is 4.88. The quantitative estimate of drug-likeness (QED) is 0.743. The molecule has 0 unspecified atom stereocenters. The maximum atomic E-state index is 9.14. The molecule has 0 saturated carbocycles. The van der Waals surface area contributed by atoms with Crippen molar-refractivity contribution >= 4 is 28.6 Å². The lowest BCUT2D eigenvalue weighted by Crippen LogP contribution is -2.02. The number of para-hydroxylation sites is 1. The summed E-state index contributed by atoms with van der Waals surface area (Å²) in [6.07, 6.45) is 0. The van der Waals surface area contributed by atoms with Crippen LogP contribution in [0.5, 0.6) is 0 Å². The number of hydrogen-bond donors (Lipinski definition) is 1. The molecular formula is C15H11ClN4. The number of nitrogens with zero attached hydrogens (tertiary/aromatic N) is 3. The van der Waals surface area contributed by atoms with Crippen molar-refractivity contribution in [3.05, 3.63) is 52.5 Å². The maximum Gasteiger partial charge on any atom is 0.205 e. The standard InChI is InChI=1S/C15H11ClN4/c1-9-11(16)5-3-6-12(9)20-13-7-2-4-10(8-17)14(13)19-15(20)18/h2-7H,1H3,(H2,18,19). The summed E-state index contributed by atoms with van der Waals surface area (Å²) in [7, 11) is 0. The van der Waals surface area contributed by atoms with Crippen molar-refractivity contribution in [3.63, 3.8) is 0 Å². The van der Waals surface area contributed by atoms with Gasteiger partial charge in [-0.15, -0.1) is 0 Å². The van der Waals surface area contributed by atoms with Gasteiger partial charge in [0.15, 0.2) is 0 Å². The molecule has 0 aliphatic carbocycles. The topological polar surface area (TPSA) is 67.6 Å². The Hall–Kier alpha value is -2.51. The van der Waals surface area contributed by atoms with Gasteiger partial charge in [-0.2, -0.15) is 5.26 Å². The van der Waals surface area contributed by atoms with E-state index in [2.05, 4.69) is 11.1 Å². The van der Waals surface area contributed by atoms with Gasteiger partial charge in [-0.3, -0.25) is 4.57 Å².